The number of ether oxygens (including phenoxy) is 1. The number of hydrogen-bond donors (Lipinski definition) is 1. The average Bonchev–Trinajstić information content (AvgIpc) is 3.27. The Morgan fingerprint density at radius 2 is 1.93 bits per heavy atom. The van der Waals surface area contributed by atoms with Crippen molar-refractivity contribution >= 4 is 34.0 Å². The summed E-state index contributed by atoms with van der Waals surface area (Å²) in [4.78, 5) is 32.0. The zero-order chi connectivity index (χ0) is 20.2. The van der Waals surface area contributed by atoms with Crippen molar-refractivity contribution in [2.45, 2.75) is 18.9 Å². The van der Waals surface area contributed by atoms with E-state index in [9.17, 15) is 9.59 Å². The van der Waals surface area contributed by atoms with Crippen molar-refractivity contribution in [1.82, 2.24) is 4.98 Å². The average molecular weight is 407 g/mol. The molecule has 2 heterocycles. The predicted octanol–water partition coefficient (Wildman–Crippen LogP) is 4.27. The van der Waals surface area contributed by atoms with Gasteiger partial charge in [-0.2, -0.15) is 0 Å². The molecule has 1 N–H and O–H groups in total. The monoisotopic (exact) mass is 407 g/mol. The van der Waals surface area contributed by atoms with Gasteiger partial charge >= 0.3 is 0 Å². The van der Waals surface area contributed by atoms with Gasteiger partial charge in [0.15, 0.2) is 5.13 Å². The number of nitrogens with one attached hydrogen (secondary N) is 1. The van der Waals surface area contributed by atoms with E-state index in [4.69, 9.17) is 4.74 Å². The molecule has 1 saturated heterocycles. The van der Waals surface area contributed by atoms with Crippen LogP contribution < -0.4 is 15.0 Å². The Kier molecular flexibility index (Phi) is 5.57. The largest absolute Gasteiger partial charge is 0.497 e. The van der Waals surface area contributed by atoms with Gasteiger partial charge in [-0.15, -0.1) is 11.3 Å². The Morgan fingerprint density at radius 1 is 1.17 bits per heavy atom. The van der Waals surface area contributed by atoms with Crippen LogP contribution in [0.3, 0.4) is 0 Å². The summed E-state index contributed by atoms with van der Waals surface area (Å²) in [5.41, 5.74) is 1.67. The second-order valence-electron chi connectivity index (χ2n) is 6.79. The van der Waals surface area contributed by atoms with Gasteiger partial charge in [0.2, 0.25) is 11.8 Å². The number of amides is 2. The number of nitrogens with zero attached hydrogens (tertiary/aromatic N) is 2. The van der Waals surface area contributed by atoms with E-state index >= 15 is 0 Å². The third-order valence-corrected chi connectivity index (χ3v) is 5.78. The maximum atomic E-state index is 13.1. The molecule has 1 aromatic heterocycles. The number of methoxy groups -OCH3 is 1. The van der Waals surface area contributed by atoms with E-state index in [-0.39, 0.29) is 17.7 Å². The molecule has 0 aliphatic carbocycles. The molecular formula is C22H21N3O3S. The zero-order valence-corrected chi connectivity index (χ0v) is 16.8. The molecule has 2 aromatic carbocycles. The zero-order valence-electron chi connectivity index (χ0n) is 15.9. The number of carbonyl (C=O) groups is 2. The quantitative estimate of drug-likeness (QED) is 0.685. The number of piperidine rings is 1. The number of aromatic nitrogens is 1. The molecule has 0 spiro atoms. The van der Waals surface area contributed by atoms with Crippen LogP contribution in [0.4, 0.5) is 10.8 Å². The van der Waals surface area contributed by atoms with E-state index in [0.29, 0.717) is 23.7 Å². The minimum Gasteiger partial charge on any atom is -0.497 e. The minimum atomic E-state index is -0.397. The van der Waals surface area contributed by atoms with Gasteiger partial charge in [-0.3, -0.25) is 9.59 Å². The molecule has 1 aliphatic heterocycles. The van der Waals surface area contributed by atoms with E-state index in [1.54, 1.807) is 18.2 Å². The SMILES string of the molecule is COc1ccc(N2C(=O)CC[C@H](C(=O)Nc3nccs3)[C@@H]2c2ccccc2)cc1. The summed E-state index contributed by atoms with van der Waals surface area (Å²) >= 11 is 1.38. The number of thiazole rings is 1. The van der Waals surface area contributed by atoms with E-state index < -0.39 is 6.04 Å². The van der Waals surface area contributed by atoms with E-state index in [1.165, 1.54) is 11.3 Å². The van der Waals surface area contributed by atoms with Crippen LogP contribution in [-0.4, -0.2) is 23.9 Å². The molecule has 0 radical (unpaired) electrons. The number of rotatable bonds is 5. The number of carbonyl (C=O) groups excluding carboxylic acids is 2. The molecule has 148 valence electrons. The van der Waals surface area contributed by atoms with Crippen molar-refractivity contribution in [2.24, 2.45) is 5.92 Å². The van der Waals surface area contributed by atoms with Crippen LogP contribution in [0.15, 0.2) is 66.2 Å². The van der Waals surface area contributed by atoms with Crippen LogP contribution in [-0.2, 0) is 9.59 Å². The fourth-order valence-electron chi connectivity index (χ4n) is 3.73. The highest BCUT2D eigenvalue weighted by Crippen LogP contribution is 2.40. The van der Waals surface area contributed by atoms with Crippen molar-refractivity contribution < 1.29 is 14.3 Å². The summed E-state index contributed by atoms with van der Waals surface area (Å²) in [5, 5.41) is 5.29. The van der Waals surface area contributed by atoms with Gasteiger partial charge in [-0.25, -0.2) is 4.98 Å². The van der Waals surface area contributed by atoms with Crippen molar-refractivity contribution in [2.75, 3.05) is 17.3 Å². The molecular weight excluding hydrogens is 386 g/mol. The van der Waals surface area contributed by atoms with Crippen LogP contribution in [0, 0.1) is 5.92 Å². The fraction of sp³-hybridized carbons (Fsp3) is 0.227. The lowest BCUT2D eigenvalue weighted by molar-refractivity contribution is -0.125. The first kappa shape index (κ1) is 19.1. The van der Waals surface area contributed by atoms with Crippen LogP contribution in [0.5, 0.6) is 5.75 Å². The molecule has 6 nitrogen and oxygen atoms in total. The van der Waals surface area contributed by atoms with Crippen molar-refractivity contribution in [3.05, 3.63) is 71.7 Å². The Bertz CT molecular complexity index is 974. The first-order valence-electron chi connectivity index (χ1n) is 9.39. The van der Waals surface area contributed by atoms with Gasteiger partial charge < -0.3 is 15.0 Å². The van der Waals surface area contributed by atoms with Crippen molar-refractivity contribution in [3.63, 3.8) is 0 Å². The maximum Gasteiger partial charge on any atom is 0.231 e. The highest BCUT2D eigenvalue weighted by Gasteiger charge is 2.41. The third-order valence-electron chi connectivity index (χ3n) is 5.09. The Balaban J connectivity index is 1.72. The highest BCUT2D eigenvalue weighted by molar-refractivity contribution is 7.13. The minimum absolute atomic E-state index is 0.00215. The number of hydrogen-bond acceptors (Lipinski definition) is 5. The van der Waals surface area contributed by atoms with E-state index in [1.807, 2.05) is 60.0 Å². The molecule has 4 rings (SSSR count). The Labute approximate surface area is 173 Å². The predicted molar refractivity (Wildman–Crippen MR) is 113 cm³/mol. The number of benzene rings is 2. The van der Waals surface area contributed by atoms with Crippen molar-refractivity contribution in [1.29, 1.82) is 0 Å². The molecule has 29 heavy (non-hydrogen) atoms. The molecule has 1 aliphatic rings. The molecule has 7 heteroatoms. The third kappa shape index (κ3) is 4.00. The standard InChI is InChI=1S/C22H21N3O3S/c1-28-17-9-7-16(8-10-17)25-19(26)12-11-18(20(25)15-5-3-2-4-6-15)21(27)24-22-23-13-14-29-22/h2-10,13-14,18,20H,11-12H2,1H3,(H,23,24,27)/t18-,20-/m0/s1. The fourth-order valence-corrected chi connectivity index (χ4v) is 4.26. The summed E-state index contributed by atoms with van der Waals surface area (Å²) in [6.07, 6.45) is 2.45. The van der Waals surface area contributed by atoms with Crippen LogP contribution >= 0.6 is 11.3 Å². The van der Waals surface area contributed by atoms with Crippen molar-refractivity contribution in [3.8, 4) is 5.75 Å². The van der Waals surface area contributed by atoms with Crippen LogP contribution in [0.25, 0.3) is 0 Å². The molecule has 0 bridgehead atoms. The molecule has 2 atom stereocenters. The van der Waals surface area contributed by atoms with Gasteiger partial charge in [0.25, 0.3) is 0 Å². The molecule has 0 unspecified atom stereocenters. The van der Waals surface area contributed by atoms with E-state index in [2.05, 4.69) is 10.3 Å². The van der Waals surface area contributed by atoms with Gasteiger partial charge in [-0.05, 0) is 36.2 Å². The highest BCUT2D eigenvalue weighted by atomic mass is 32.1. The normalized spacial score (nSPS) is 19.1. The Hall–Kier alpha value is -3.19. The smallest absolute Gasteiger partial charge is 0.231 e. The first-order chi connectivity index (χ1) is 14.2. The van der Waals surface area contributed by atoms with Gasteiger partial charge in [-0.1, -0.05) is 30.3 Å². The molecule has 2 amide bonds. The molecule has 3 aromatic rings. The maximum absolute atomic E-state index is 13.1. The molecule has 0 saturated carbocycles. The summed E-state index contributed by atoms with van der Waals surface area (Å²) in [6.45, 7) is 0. The molecule has 1 fully saturated rings. The Morgan fingerprint density at radius 3 is 2.59 bits per heavy atom. The van der Waals surface area contributed by atoms with Gasteiger partial charge in [0, 0.05) is 23.7 Å². The second-order valence-corrected chi connectivity index (χ2v) is 7.68. The lowest BCUT2D eigenvalue weighted by Gasteiger charge is -2.40. The summed E-state index contributed by atoms with van der Waals surface area (Å²) in [6, 6.07) is 16.7. The second kappa shape index (κ2) is 8.45. The number of anilines is 2. The van der Waals surface area contributed by atoms with Crippen LogP contribution in [0.1, 0.15) is 24.4 Å². The van der Waals surface area contributed by atoms with Crippen LogP contribution in [0.2, 0.25) is 0 Å². The topological polar surface area (TPSA) is 71.5 Å². The summed E-state index contributed by atoms with van der Waals surface area (Å²) in [7, 11) is 1.60. The first-order valence-corrected chi connectivity index (χ1v) is 10.3. The summed E-state index contributed by atoms with van der Waals surface area (Å²) in [5.74, 6) is 0.204. The lowest BCUT2D eigenvalue weighted by atomic mass is 9.83. The lowest BCUT2D eigenvalue weighted by Crippen LogP contribution is -2.46. The van der Waals surface area contributed by atoms with Gasteiger partial charge in [0.1, 0.15) is 5.75 Å². The van der Waals surface area contributed by atoms with Gasteiger partial charge in [0.05, 0.1) is 19.1 Å². The summed E-state index contributed by atoms with van der Waals surface area (Å²) < 4.78 is 5.24. The van der Waals surface area contributed by atoms with E-state index in [0.717, 1.165) is 11.3 Å².